The van der Waals surface area contributed by atoms with Crippen LogP contribution < -0.4 is 0 Å². The Morgan fingerprint density at radius 1 is 1.11 bits per heavy atom. The molecule has 4 heterocycles. The summed E-state index contributed by atoms with van der Waals surface area (Å²) in [5, 5.41) is 16.9. The Kier molecular flexibility index (Phi) is 6.08. The zero-order valence-electron chi connectivity index (χ0n) is 21.2. The first-order valence-electron chi connectivity index (χ1n) is 13.1. The second-order valence-corrected chi connectivity index (χ2v) is 10.0. The van der Waals surface area contributed by atoms with Crippen molar-refractivity contribution in [3.8, 4) is 11.1 Å². The molecular weight excluding hydrogens is 462 g/mol. The van der Waals surface area contributed by atoms with Crippen LogP contribution in [-0.2, 0) is 5.60 Å². The third kappa shape index (κ3) is 4.13. The van der Waals surface area contributed by atoms with E-state index in [1.165, 1.54) is 19.3 Å². The summed E-state index contributed by atoms with van der Waals surface area (Å²) in [4.78, 5) is 18.0. The number of fused-ring (bicyclic) bond motifs is 1. The first-order valence-corrected chi connectivity index (χ1v) is 13.1. The van der Waals surface area contributed by atoms with Gasteiger partial charge in [-0.25, -0.2) is 4.98 Å². The van der Waals surface area contributed by atoms with Gasteiger partial charge in [0.05, 0.1) is 28.1 Å². The molecule has 1 aliphatic heterocycles. The number of aliphatic imine (C=N–C) groups is 1. The van der Waals surface area contributed by atoms with E-state index in [0.717, 1.165) is 52.3 Å². The van der Waals surface area contributed by atoms with Crippen LogP contribution in [0.1, 0.15) is 73.0 Å². The Morgan fingerprint density at radius 3 is 2.73 bits per heavy atom. The van der Waals surface area contributed by atoms with Crippen molar-refractivity contribution in [1.82, 2.24) is 20.1 Å². The molecule has 188 valence electrons. The van der Waals surface area contributed by atoms with Gasteiger partial charge in [0, 0.05) is 29.5 Å². The SMILES string of the molecule is Cc1noc(C)c1-c1cc(C(O)(C2=CCC=CC=N2)c2ccccn2)c2nc(C3CCCCC3)[nH]c2c1. The van der Waals surface area contributed by atoms with E-state index in [0.29, 0.717) is 29.3 Å². The highest BCUT2D eigenvalue weighted by Crippen LogP contribution is 2.43. The lowest BCUT2D eigenvalue weighted by Crippen LogP contribution is -2.31. The molecule has 2 N–H and O–H groups in total. The van der Waals surface area contributed by atoms with E-state index in [1.54, 1.807) is 12.4 Å². The van der Waals surface area contributed by atoms with Gasteiger partial charge < -0.3 is 14.6 Å². The van der Waals surface area contributed by atoms with Gasteiger partial charge >= 0.3 is 0 Å². The topological polar surface area (TPSA) is 100 Å². The number of rotatable bonds is 5. The summed E-state index contributed by atoms with van der Waals surface area (Å²) >= 11 is 0. The Hall–Kier alpha value is -3.84. The molecule has 0 radical (unpaired) electrons. The highest BCUT2D eigenvalue weighted by Gasteiger charge is 2.40. The lowest BCUT2D eigenvalue weighted by Gasteiger charge is -2.29. The number of nitrogens with one attached hydrogen (secondary N) is 1. The normalized spacial score (nSPS) is 18.1. The minimum Gasteiger partial charge on any atom is -0.373 e. The number of H-pyrrole nitrogens is 1. The molecule has 3 aromatic heterocycles. The molecule has 1 atom stereocenters. The molecule has 0 bridgehead atoms. The number of imidazole rings is 1. The van der Waals surface area contributed by atoms with Gasteiger partial charge in [0.1, 0.15) is 11.6 Å². The standard InChI is InChI=1S/C30H31N5O2/c1-19-27(20(2)37-35-19)22-17-23(28-24(18-22)33-29(34-28)21-11-5-3-6-12-21)30(36,26-14-8-10-16-32-26)25-13-7-4-9-15-31-25/h4,8-10,13-18,21,36H,3,5-7,11-12H2,1-2H3,(H,33,34). The van der Waals surface area contributed by atoms with Crippen LogP contribution >= 0.6 is 0 Å². The number of benzene rings is 1. The van der Waals surface area contributed by atoms with Gasteiger partial charge in [0.25, 0.3) is 0 Å². The molecule has 0 saturated heterocycles. The van der Waals surface area contributed by atoms with Crippen molar-refractivity contribution in [2.45, 2.75) is 63.9 Å². The quantitative estimate of drug-likeness (QED) is 0.334. The monoisotopic (exact) mass is 493 g/mol. The molecule has 0 amide bonds. The maximum atomic E-state index is 12.7. The van der Waals surface area contributed by atoms with Crippen molar-refractivity contribution in [2.24, 2.45) is 4.99 Å². The van der Waals surface area contributed by atoms with Crippen LogP contribution in [0.2, 0.25) is 0 Å². The van der Waals surface area contributed by atoms with E-state index < -0.39 is 5.60 Å². The van der Waals surface area contributed by atoms with Crippen molar-refractivity contribution >= 4 is 17.2 Å². The van der Waals surface area contributed by atoms with Crippen LogP contribution in [-0.4, -0.2) is 31.4 Å². The highest BCUT2D eigenvalue weighted by molar-refractivity contribution is 5.88. The van der Waals surface area contributed by atoms with E-state index in [-0.39, 0.29) is 0 Å². The van der Waals surface area contributed by atoms with Crippen LogP contribution in [0.25, 0.3) is 22.2 Å². The molecule has 1 aliphatic carbocycles. The summed E-state index contributed by atoms with van der Waals surface area (Å²) in [7, 11) is 0. The Labute approximate surface area is 216 Å². The Balaban J connectivity index is 1.65. The largest absolute Gasteiger partial charge is 0.373 e. The van der Waals surface area contributed by atoms with E-state index >= 15 is 0 Å². The lowest BCUT2D eigenvalue weighted by molar-refractivity contribution is 0.116. The van der Waals surface area contributed by atoms with Gasteiger partial charge in [-0.05, 0) is 69.0 Å². The molecule has 7 heteroatoms. The number of hydrogen-bond donors (Lipinski definition) is 2. The zero-order valence-corrected chi connectivity index (χ0v) is 21.2. The van der Waals surface area contributed by atoms with Crippen molar-refractivity contribution in [3.05, 3.63) is 89.0 Å². The Morgan fingerprint density at radius 2 is 1.97 bits per heavy atom. The average Bonchev–Trinajstić information content (AvgIpc) is 3.39. The van der Waals surface area contributed by atoms with Gasteiger partial charge in [-0.3, -0.25) is 9.98 Å². The molecule has 1 unspecified atom stereocenters. The predicted octanol–water partition coefficient (Wildman–Crippen LogP) is 6.43. The molecule has 2 aliphatic rings. The van der Waals surface area contributed by atoms with E-state index in [9.17, 15) is 5.11 Å². The number of aliphatic hydroxyl groups is 1. The minimum atomic E-state index is -1.62. The Bertz CT molecular complexity index is 1500. The molecule has 1 aromatic carbocycles. The maximum Gasteiger partial charge on any atom is 0.176 e. The second-order valence-electron chi connectivity index (χ2n) is 10.0. The summed E-state index contributed by atoms with van der Waals surface area (Å²) in [6, 6.07) is 9.68. The third-order valence-electron chi connectivity index (χ3n) is 7.60. The summed E-state index contributed by atoms with van der Waals surface area (Å²) in [5.74, 6) is 2.10. The highest BCUT2D eigenvalue weighted by atomic mass is 16.5. The van der Waals surface area contributed by atoms with Crippen LogP contribution in [0.15, 0.2) is 70.0 Å². The number of aromatic amines is 1. The molecule has 1 saturated carbocycles. The van der Waals surface area contributed by atoms with Gasteiger partial charge in [0.15, 0.2) is 5.60 Å². The lowest BCUT2D eigenvalue weighted by atomic mass is 9.83. The van der Waals surface area contributed by atoms with Crippen LogP contribution in [0, 0.1) is 13.8 Å². The summed E-state index contributed by atoms with van der Waals surface area (Å²) in [5.41, 5.74) is 4.28. The number of nitrogens with zero attached hydrogens (tertiary/aromatic N) is 4. The van der Waals surface area contributed by atoms with Crippen molar-refractivity contribution < 1.29 is 9.63 Å². The van der Waals surface area contributed by atoms with Crippen molar-refractivity contribution in [3.63, 3.8) is 0 Å². The third-order valence-corrected chi connectivity index (χ3v) is 7.60. The maximum absolute atomic E-state index is 12.7. The second kappa shape index (κ2) is 9.56. The number of aryl methyl sites for hydroxylation is 2. The molecule has 7 nitrogen and oxygen atoms in total. The summed E-state index contributed by atoms with van der Waals surface area (Å²) in [6.07, 6.45) is 15.9. The fourth-order valence-corrected chi connectivity index (χ4v) is 5.74. The van der Waals surface area contributed by atoms with Crippen LogP contribution in [0.5, 0.6) is 0 Å². The van der Waals surface area contributed by atoms with E-state index in [1.807, 2.05) is 56.3 Å². The molecule has 37 heavy (non-hydrogen) atoms. The zero-order chi connectivity index (χ0) is 25.4. The number of pyridine rings is 1. The summed E-state index contributed by atoms with van der Waals surface area (Å²) < 4.78 is 5.51. The molecule has 1 fully saturated rings. The van der Waals surface area contributed by atoms with E-state index in [2.05, 4.69) is 26.2 Å². The average molecular weight is 494 g/mol. The minimum absolute atomic E-state index is 0.388. The molecule has 6 rings (SSSR count). The van der Waals surface area contributed by atoms with Gasteiger partial charge in [-0.2, -0.15) is 0 Å². The molecule has 0 spiro atoms. The van der Waals surface area contributed by atoms with Gasteiger partial charge in [-0.15, -0.1) is 0 Å². The first-order chi connectivity index (χ1) is 18.1. The predicted molar refractivity (Wildman–Crippen MR) is 144 cm³/mol. The first kappa shape index (κ1) is 23.6. The smallest absolute Gasteiger partial charge is 0.176 e. The van der Waals surface area contributed by atoms with Crippen molar-refractivity contribution in [2.75, 3.05) is 0 Å². The van der Waals surface area contributed by atoms with Gasteiger partial charge in [0.2, 0.25) is 0 Å². The number of allylic oxidation sites excluding steroid dienone is 3. The van der Waals surface area contributed by atoms with Gasteiger partial charge in [-0.1, -0.05) is 42.6 Å². The fourth-order valence-electron chi connectivity index (χ4n) is 5.74. The fraction of sp³-hybridized carbons (Fsp3) is 0.333. The summed E-state index contributed by atoms with van der Waals surface area (Å²) in [6.45, 7) is 3.85. The number of hydrogen-bond acceptors (Lipinski definition) is 6. The van der Waals surface area contributed by atoms with Crippen molar-refractivity contribution in [1.29, 1.82) is 0 Å². The van der Waals surface area contributed by atoms with Crippen LogP contribution in [0.4, 0.5) is 0 Å². The number of aromatic nitrogens is 4. The molecule has 4 aromatic rings. The molecular formula is C30H31N5O2. The van der Waals surface area contributed by atoms with Crippen LogP contribution in [0.3, 0.4) is 0 Å². The van der Waals surface area contributed by atoms with E-state index in [4.69, 9.17) is 9.51 Å².